The van der Waals surface area contributed by atoms with E-state index in [2.05, 4.69) is 12.1 Å². The van der Waals surface area contributed by atoms with Crippen molar-refractivity contribution in [2.45, 2.75) is 18.0 Å². The zero-order valence-electron chi connectivity index (χ0n) is 17.4. The molecule has 5 rings (SSSR count). The van der Waals surface area contributed by atoms with Gasteiger partial charge in [-0.15, -0.1) is 11.3 Å². The highest BCUT2D eigenvalue weighted by atomic mass is 32.1. The van der Waals surface area contributed by atoms with Gasteiger partial charge in [-0.2, -0.15) is 10.5 Å². The SMILES string of the molecule is COc1ccc(C(=O)[C@H]2[C@H](c3cccs3)C(C#N)(C#N)[C@@H]3c4ccccc4C=C[NH+]32)cc1. The fourth-order valence-electron chi connectivity index (χ4n) is 5.20. The highest BCUT2D eigenvalue weighted by Crippen LogP contribution is 2.52. The minimum atomic E-state index is -1.38. The summed E-state index contributed by atoms with van der Waals surface area (Å²) in [5, 5.41) is 22.8. The van der Waals surface area contributed by atoms with Crippen LogP contribution in [-0.4, -0.2) is 18.9 Å². The zero-order valence-corrected chi connectivity index (χ0v) is 18.2. The summed E-state index contributed by atoms with van der Waals surface area (Å²) in [5.41, 5.74) is 1.08. The van der Waals surface area contributed by atoms with Crippen LogP contribution in [-0.2, 0) is 0 Å². The Bertz CT molecular complexity index is 1270. The Balaban J connectivity index is 1.72. The van der Waals surface area contributed by atoms with Gasteiger partial charge in [0, 0.05) is 16.0 Å². The molecular weight excluding hydrogens is 418 g/mol. The van der Waals surface area contributed by atoms with E-state index in [1.165, 1.54) is 11.3 Å². The number of fused-ring (bicyclic) bond motifs is 3. The fourth-order valence-corrected chi connectivity index (χ4v) is 6.14. The Morgan fingerprint density at radius 1 is 1.06 bits per heavy atom. The maximum atomic E-state index is 13.9. The van der Waals surface area contributed by atoms with E-state index in [1.54, 1.807) is 31.4 Å². The molecule has 1 saturated heterocycles. The van der Waals surface area contributed by atoms with Gasteiger partial charge in [-0.3, -0.25) is 9.69 Å². The lowest BCUT2D eigenvalue weighted by Crippen LogP contribution is -3.11. The van der Waals surface area contributed by atoms with Crippen molar-refractivity contribution in [3.8, 4) is 17.9 Å². The van der Waals surface area contributed by atoms with Crippen LogP contribution in [0.5, 0.6) is 5.75 Å². The van der Waals surface area contributed by atoms with Gasteiger partial charge in [-0.05, 0) is 47.4 Å². The molecule has 156 valence electrons. The molecule has 0 amide bonds. The first-order valence-corrected chi connectivity index (χ1v) is 11.2. The molecule has 5 nitrogen and oxygen atoms in total. The number of carbonyl (C=O) groups is 1. The number of hydrogen-bond acceptors (Lipinski definition) is 5. The van der Waals surface area contributed by atoms with Crippen LogP contribution < -0.4 is 9.64 Å². The molecule has 0 saturated carbocycles. The number of ketones is 1. The van der Waals surface area contributed by atoms with Crippen LogP contribution in [0.15, 0.2) is 72.2 Å². The Hall–Kier alpha value is -3.71. The smallest absolute Gasteiger partial charge is 0.221 e. The Morgan fingerprint density at radius 2 is 1.81 bits per heavy atom. The van der Waals surface area contributed by atoms with E-state index >= 15 is 0 Å². The van der Waals surface area contributed by atoms with Crippen molar-refractivity contribution in [2.24, 2.45) is 5.41 Å². The summed E-state index contributed by atoms with van der Waals surface area (Å²) in [6.45, 7) is 0. The third kappa shape index (κ3) is 2.81. The Labute approximate surface area is 190 Å². The Morgan fingerprint density at radius 3 is 2.47 bits per heavy atom. The van der Waals surface area contributed by atoms with E-state index in [9.17, 15) is 15.3 Å². The van der Waals surface area contributed by atoms with Crippen molar-refractivity contribution >= 4 is 23.2 Å². The molecule has 3 heterocycles. The van der Waals surface area contributed by atoms with E-state index in [1.807, 2.05) is 54.1 Å². The van der Waals surface area contributed by atoms with E-state index in [0.717, 1.165) is 20.9 Å². The largest absolute Gasteiger partial charge is 0.497 e. The van der Waals surface area contributed by atoms with Gasteiger partial charge in [-0.25, -0.2) is 0 Å². The number of benzene rings is 2. The van der Waals surface area contributed by atoms with Gasteiger partial charge in [0.05, 0.1) is 31.4 Å². The first-order chi connectivity index (χ1) is 15.6. The van der Waals surface area contributed by atoms with Crippen molar-refractivity contribution < 1.29 is 14.4 Å². The summed E-state index contributed by atoms with van der Waals surface area (Å²) in [5.74, 6) is 0.0357. The molecule has 3 aromatic rings. The maximum Gasteiger partial charge on any atom is 0.221 e. The van der Waals surface area contributed by atoms with Gasteiger partial charge in [0.15, 0.2) is 12.1 Å². The van der Waals surface area contributed by atoms with Crippen LogP contribution in [0.4, 0.5) is 0 Å². The van der Waals surface area contributed by atoms with Gasteiger partial charge in [0.1, 0.15) is 5.75 Å². The predicted octanol–water partition coefficient (Wildman–Crippen LogP) is 3.75. The fraction of sp³-hybridized carbons (Fsp3) is 0.192. The number of nitrogens with zero attached hydrogens (tertiary/aromatic N) is 2. The molecule has 0 bridgehead atoms. The minimum absolute atomic E-state index is 0.0811. The van der Waals surface area contributed by atoms with Crippen LogP contribution in [0, 0.1) is 28.1 Å². The van der Waals surface area contributed by atoms with Gasteiger partial charge < -0.3 is 4.74 Å². The molecule has 2 aliphatic rings. The lowest BCUT2D eigenvalue weighted by molar-refractivity contribution is -0.885. The molecule has 1 fully saturated rings. The third-order valence-electron chi connectivity index (χ3n) is 6.61. The molecule has 2 aromatic carbocycles. The van der Waals surface area contributed by atoms with E-state index < -0.39 is 23.4 Å². The number of carbonyl (C=O) groups excluding carboxylic acids is 1. The quantitative estimate of drug-likeness (QED) is 0.630. The average Bonchev–Trinajstić information content (AvgIpc) is 3.48. The third-order valence-corrected chi connectivity index (χ3v) is 7.57. The van der Waals surface area contributed by atoms with Crippen molar-refractivity contribution in [1.82, 2.24) is 0 Å². The number of thiophene rings is 1. The van der Waals surface area contributed by atoms with Crippen LogP contribution in [0.25, 0.3) is 6.08 Å². The van der Waals surface area contributed by atoms with E-state index in [0.29, 0.717) is 11.3 Å². The second kappa shape index (κ2) is 7.76. The molecule has 1 unspecified atom stereocenters. The first kappa shape index (κ1) is 20.2. The summed E-state index contributed by atoms with van der Waals surface area (Å²) in [7, 11) is 1.58. The summed E-state index contributed by atoms with van der Waals surface area (Å²) >= 11 is 1.49. The van der Waals surface area contributed by atoms with Crippen molar-refractivity contribution in [3.05, 3.63) is 93.8 Å². The summed E-state index contributed by atoms with van der Waals surface area (Å²) in [6.07, 6.45) is 3.95. The Kier molecular flexibility index (Phi) is 4.90. The standard InChI is InChI=1S/C26H19N3O2S/c1-31-19-10-8-18(9-11-19)24(30)23-22(21-7-4-14-32-21)26(15-27,16-28)25-20-6-3-2-5-17(20)12-13-29(23)25/h2-14,22-23,25H,1H3/p+1/t22-,23+,25-/m0/s1. The molecule has 1 N–H and O–H groups in total. The van der Waals surface area contributed by atoms with Gasteiger partial charge in [-0.1, -0.05) is 30.3 Å². The molecule has 32 heavy (non-hydrogen) atoms. The second-order valence-corrected chi connectivity index (χ2v) is 9.03. The molecule has 0 radical (unpaired) electrons. The first-order valence-electron chi connectivity index (χ1n) is 10.3. The molecule has 6 heteroatoms. The normalized spacial score (nSPS) is 24.6. The van der Waals surface area contributed by atoms with E-state index in [4.69, 9.17) is 4.74 Å². The minimum Gasteiger partial charge on any atom is -0.497 e. The monoisotopic (exact) mass is 438 g/mol. The lowest BCUT2D eigenvalue weighted by atomic mass is 9.69. The van der Waals surface area contributed by atoms with Crippen molar-refractivity contribution in [2.75, 3.05) is 7.11 Å². The zero-order chi connectivity index (χ0) is 22.3. The molecule has 0 spiro atoms. The van der Waals surface area contributed by atoms with E-state index in [-0.39, 0.29) is 5.78 Å². The summed E-state index contributed by atoms with van der Waals surface area (Å²) < 4.78 is 5.24. The van der Waals surface area contributed by atoms with Crippen LogP contribution in [0.1, 0.15) is 38.3 Å². The topological polar surface area (TPSA) is 78.3 Å². The molecular formula is C26H20N3O2S+. The van der Waals surface area contributed by atoms with Crippen molar-refractivity contribution in [3.63, 3.8) is 0 Å². The molecule has 1 aromatic heterocycles. The average molecular weight is 439 g/mol. The number of nitriles is 2. The van der Waals surface area contributed by atoms with Crippen molar-refractivity contribution in [1.29, 1.82) is 10.5 Å². The summed E-state index contributed by atoms with van der Waals surface area (Å²) in [4.78, 5) is 15.7. The number of methoxy groups -OCH3 is 1. The number of Topliss-reactive ketones (excluding diaryl/α,β-unsaturated/α-hetero) is 1. The summed E-state index contributed by atoms with van der Waals surface area (Å²) in [6, 6.07) is 22.4. The molecule has 0 aliphatic carbocycles. The molecule has 2 aliphatic heterocycles. The van der Waals surface area contributed by atoms with Crippen LogP contribution >= 0.6 is 11.3 Å². The number of quaternary nitrogens is 1. The number of hydrogen-bond donors (Lipinski definition) is 1. The van der Waals surface area contributed by atoms with Crippen LogP contribution in [0.3, 0.4) is 0 Å². The highest BCUT2D eigenvalue weighted by molar-refractivity contribution is 7.10. The predicted molar refractivity (Wildman–Crippen MR) is 121 cm³/mol. The second-order valence-electron chi connectivity index (χ2n) is 8.05. The van der Waals surface area contributed by atoms with Gasteiger partial charge in [0.2, 0.25) is 11.2 Å². The number of rotatable bonds is 4. The molecule has 4 atom stereocenters. The number of ether oxygens (including phenoxy) is 1. The number of nitrogens with one attached hydrogen (secondary N) is 1. The highest BCUT2D eigenvalue weighted by Gasteiger charge is 2.68. The van der Waals surface area contributed by atoms with Gasteiger partial charge in [0.25, 0.3) is 0 Å². The maximum absolute atomic E-state index is 13.9. The van der Waals surface area contributed by atoms with Gasteiger partial charge >= 0.3 is 0 Å². The lowest BCUT2D eigenvalue weighted by Gasteiger charge is -2.29. The van der Waals surface area contributed by atoms with Crippen LogP contribution in [0.2, 0.25) is 0 Å².